The zero-order valence-electron chi connectivity index (χ0n) is 22.8. The lowest BCUT2D eigenvalue weighted by atomic mass is 9.90. The van der Waals surface area contributed by atoms with Gasteiger partial charge in [-0.05, 0) is 66.8 Å². The molecule has 1 saturated carbocycles. The van der Waals surface area contributed by atoms with Gasteiger partial charge in [0.2, 0.25) is 0 Å². The largest absolute Gasteiger partial charge is 0.469 e. The molecule has 0 spiro atoms. The van der Waals surface area contributed by atoms with Crippen molar-refractivity contribution >= 4 is 23.2 Å². The predicted octanol–water partition coefficient (Wildman–Crippen LogP) is 6.06. The highest BCUT2D eigenvalue weighted by Crippen LogP contribution is 2.37. The lowest BCUT2D eigenvalue weighted by molar-refractivity contribution is -0.140. The summed E-state index contributed by atoms with van der Waals surface area (Å²) in [4.78, 5) is 19.1. The number of rotatable bonds is 12. The summed E-state index contributed by atoms with van der Waals surface area (Å²) >= 11 is 0. The van der Waals surface area contributed by atoms with Gasteiger partial charge in [0, 0.05) is 33.0 Å². The molecule has 36 heavy (non-hydrogen) atoms. The van der Waals surface area contributed by atoms with Crippen LogP contribution in [0.4, 0.5) is 17.2 Å². The lowest BCUT2D eigenvalue weighted by Gasteiger charge is -2.40. The Bertz CT molecular complexity index is 955. The Balaban J connectivity index is 1.96. The van der Waals surface area contributed by atoms with Gasteiger partial charge in [-0.1, -0.05) is 32.9 Å². The van der Waals surface area contributed by atoms with Gasteiger partial charge in [0.1, 0.15) is 5.82 Å². The smallest absolute Gasteiger partial charge is 0.306 e. The molecule has 7 heteroatoms. The molecule has 0 radical (unpaired) electrons. The van der Waals surface area contributed by atoms with Gasteiger partial charge >= 0.3 is 5.97 Å². The van der Waals surface area contributed by atoms with Crippen LogP contribution >= 0.6 is 0 Å². The molecule has 1 aromatic carbocycles. The van der Waals surface area contributed by atoms with Crippen LogP contribution in [0.5, 0.6) is 0 Å². The first kappa shape index (κ1) is 27.9. The number of ether oxygens (including phenoxy) is 3. The van der Waals surface area contributed by atoms with Crippen LogP contribution in [-0.2, 0) is 25.6 Å². The second kappa shape index (κ2) is 13.6. The van der Waals surface area contributed by atoms with Crippen molar-refractivity contribution in [1.29, 1.82) is 0 Å². The first-order valence-electron chi connectivity index (χ1n) is 13.1. The highest BCUT2D eigenvalue weighted by molar-refractivity contribution is 5.76. The average Bonchev–Trinajstić information content (AvgIpc) is 2.88. The molecule has 1 heterocycles. The number of methoxy groups -OCH3 is 3. The Hall–Kier alpha value is -2.64. The molecular formula is C29H43N3O4. The van der Waals surface area contributed by atoms with Gasteiger partial charge in [0.25, 0.3) is 0 Å². The predicted molar refractivity (Wildman–Crippen MR) is 145 cm³/mol. The molecule has 198 valence electrons. The maximum atomic E-state index is 11.9. The number of esters is 1. The second-order valence-corrected chi connectivity index (χ2v) is 10.3. The summed E-state index contributed by atoms with van der Waals surface area (Å²) in [6.45, 7) is 8.10. The van der Waals surface area contributed by atoms with Crippen LogP contribution in [0, 0.1) is 5.92 Å². The molecule has 3 rings (SSSR count). The Kier molecular flexibility index (Phi) is 10.6. The topological polar surface area (TPSA) is 72.9 Å². The number of carbonyl (C=O) groups excluding carboxylic acids is 1. The molecule has 0 amide bonds. The van der Waals surface area contributed by atoms with E-state index in [1.54, 1.807) is 7.11 Å². The minimum Gasteiger partial charge on any atom is -0.469 e. The number of nitrogens with one attached hydrogen (secondary N) is 1. The average molecular weight is 498 g/mol. The van der Waals surface area contributed by atoms with Crippen molar-refractivity contribution in [1.82, 2.24) is 4.98 Å². The van der Waals surface area contributed by atoms with E-state index in [0.717, 1.165) is 54.9 Å². The number of carbonyl (C=O) groups is 1. The minimum atomic E-state index is -0.201. The molecule has 0 saturated heterocycles. The number of benzene rings is 1. The van der Waals surface area contributed by atoms with E-state index in [1.165, 1.54) is 12.8 Å². The lowest BCUT2D eigenvalue weighted by Crippen LogP contribution is -2.41. The summed E-state index contributed by atoms with van der Waals surface area (Å²) in [5.41, 5.74) is 4.29. The van der Waals surface area contributed by atoms with Crippen molar-refractivity contribution in [2.75, 3.05) is 38.1 Å². The molecule has 1 atom stereocenters. The molecule has 1 fully saturated rings. The summed E-state index contributed by atoms with van der Waals surface area (Å²) in [6.07, 6.45) is 6.91. The normalized spacial score (nSPS) is 18.6. The van der Waals surface area contributed by atoms with Gasteiger partial charge in [-0.2, -0.15) is 0 Å². The maximum Gasteiger partial charge on any atom is 0.306 e. The quantitative estimate of drug-likeness (QED) is 0.357. The van der Waals surface area contributed by atoms with Gasteiger partial charge in [-0.15, -0.1) is 0 Å². The van der Waals surface area contributed by atoms with Gasteiger partial charge < -0.3 is 24.4 Å². The standard InChI is InChI=1S/C29H43N3O4/c1-20(2)18-32(24-9-11-25(35-5)12-10-24)27-13-8-23(21(3)15-29(33)36-6)16-26(27)31-28-14-7-22(17-30-28)19-34-4/h7-8,13-14,16-17,20-21,24-25H,9-12,15,18-19H2,1-6H3,(H,30,31)/t21-,24-,25+/m1/s1. The fourth-order valence-electron chi connectivity index (χ4n) is 4.98. The van der Waals surface area contributed by atoms with Crippen molar-refractivity contribution in [3.05, 3.63) is 47.7 Å². The van der Waals surface area contributed by atoms with Gasteiger partial charge in [0.05, 0.1) is 37.6 Å². The summed E-state index contributed by atoms with van der Waals surface area (Å²) in [5.74, 6) is 1.14. The van der Waals surface area contributed by atoms with Crippen LogP contribution in [-0.4, -0.2) is 51.0 Å². The number of hydrogen-bond acceptors (Lipinski definition) is 7. The molecule has 2 aromatic rings. The third kappa shape index (κ3) is 7.68. The Morgan fingerprint density at radius 2 is 1.83 bits per heavy atom. The zero-order valence-corrected chi connectivity index (χ0v) is 22.8. The van der Waals surface area contributed by atoms with Crippen molar-refractivity contribution in [3.63, 3.8) is 0 Å². The number of pyridine rings is 1. The molecular weight excluding hydrogens is 454 g/mol. The van der Waals surface area contributed by atoms with E-state index in [1.807, 2.05) is 25.4 Å². The number of nitrogens with zero attached hydrogens (tertiary/aromatic N) is 2. The Morgan fingerprint density at radius 3 is 2.42 bits per heavy atom. The van der Waals surface area contributed by atoms with Crippen molar-refractivity contribution in [2.45, 2.75) is 77.5 Å². The SMILES string of the molecule is COCc1ccc(Nc2cc([C@H](C)CC(=O)OC)ccc2N(CC(C)C)[C@H]2CC[C@@H](OC)CC2)nc1. The number of aromatic nitrogens is 1. The monoisotopic (exact) mass is 497 g/mol. The van der Waals surface area contributed by atoms with Crippen LogP contribution in [0.15, 0.2) is 36.5 Å². The third-order valence-corrected chi connectivity index (χ3v) is 6.98. The molecule has 1 aromatic heterocycles. The molecule has 1 N–H and O–H groups in total. The fraction of sp³-hybridized carbons (Fsp3) is 0.586. The van der Waals surface area contributed by atoms with E-state index in [2.05, 4.69) is 54.2 Å². The molecule has 1 aliphatic rings. The minimum absolute atomic E-state index is 0.0415. The van der Waals surface area contributed by atoms with Crippen molar-refractivity contribution in [3.8, 4) is 0 Å². The van der Waals surface area contributed by atoms with Crippen LogP contribution < -0.4 is 10.2 Å². The van der Waals surface area contributed by atoms with Crippen molar-refractivity contribution < 1.29 is 19.0 Å². The first-order valence-corrected chi connectivity index (χ1v) is 13.1. The molecule has 0 bridgehead atoms. The van der Waals surface area contributed by atoms with Gasteiger partial charge in [0.15, 0.2) is 0 Å². The van der Waals surface area contributed by atoms with Gasteiger partial charge in [-0.3, -0.25) is 4.79 Å². The number of hydrogen-bond donors (Lipinski definition) is 1. The summed E-state index contributed by atoms with van der Waals surface area (Å²) < 4.78 is 15.8. The van der Waals surface area contributed by atoms with Gasteiger partial charge in [-0.25, -0.2) is 4.98 Å². The molecule has 7 nitrogen and oxygen atoms in total. The van der Waals surface area contributed by atoms with E-state index >= 15 is 0 Å². The molecule has 1 aliphatic carbocycles. The Labute approximate surface area is 216 Å². The second-order valence-electron chi connectivity index (χ2n) is 10.3. The van der Waals surface area contributed by atoms with Crippen molar-refractivity contribution in [2.24, 2.45) is 5.92 Å². The van der Waals surface area contributed by atoms with Crippen LogP contribution in [0.2, 0.25) is 0 Å². The van der Waals surface area contributed by atoms with E-state index in [-0.39, 0.29) is 11.9 Å². The number of anilines is 3. The molecule has 0 unspecified atom stereocenters. The zero-order chi connectivity index (χ0) is 26.1. The summed E-state index contributed by atoms with van der Waals surface area (Å²) in [7, 11) is 4.94. The highest BCUT2D eigenvalue weighted by Gasteiger charge is 2.28. The van der Waals surface area contributed by atoms with Crippen LogP contribution in [0.1, 0.15) is 69.9 Å². The fourth-order valence-corrected chi connectivity index (χ4v) is 4.98. The maximum absolute atomic E-state index is 11.9. The molecule has 0 aliphatic heterocycles. The van der Waals surface area contributed by atoms with Crippen LogP contribution in [0.3, 0.4) is 0 Å². The Morgan fingerprint density at radius 1 is 1.08 bits per heavy atom. The summed E-state index contributed by atoms with van der Waals surface area (Å²) in [5, 5.41) is 3.58. The van der Waals surface area contributed by atoms with E-state index in [9.17, 15) is 4.79 Å². The van der Waals surface area contributed by atoms with Crippen LogP contribution in [0.25, 0.3) is 0 Å². The van der Waals surface area contributed by atoms with E-state index in [0.29, 0.717) is 31.1 Å². The third-order valence-electron chi connectivity index (χ3n) is 6.98. The summed E-state index contributed by atoms with van der Waals surface area (Å²) in [6, 6.07) is 11.0. The van der Waals surface area contributed by atoms with E-state index < -0.39 is 0 Å². The van der Waals surface area contributed by atoms with E-state index in [4.69, 9.17) is 14.2 Å². The first-order chi connectivity index (χ1) is 17.3. The highest BCUT2D eigenvalue weighted by atomic mass is 16.5.